The molecule has 1 aromatic rings. The fourth-order valence-corrected chi connectivity index (χ4v) is 3.63. The third-order valence-electron chi connectivity index (χ3n) is 4.54. The van der Waals surface area contributed by atoms with Crippen LogP contribution in [-0.2, 0) is 0 Å². The zero-order chi connectivity index (χ0) is 15.1. The molecule has 2 rings (SSSR count). The van der Waals surface area contributed by atoms with Crippen LogP contribution >= 0.6 is 15.9 Å². The molecule has 1 fully saturated rings. The second-order valence-corrected chi connectivity index (χ2v) is 7.25. The third-order valence-corrected chi connectivity index (χ3v) is 5.04. The summed E-state index contributed by atoms with van der Waals surface area (Å²) in [5, 5.41) is 3.64. The van der Waals surface area contributed by atoms with E-state index in [2.05, 4.69) is 64.3 Å². The second-order valence-electron chi connectivity index (χ2n) is 6.33. The van der Waals surface area contributed by atoms with Gasteiger partial charge in [0.2, 0.25) is 0 Å². The highest BCUT2D eigenvalue weighted by Gasteiger charge is 2.16. The maximum absolute atomic E-state index is 3.64. The normalized spacial score (nSPS) is 22.0. The Labute approximate surface area is 138 Å². The lowest BCUT2D eigenvalue weighted by atomic mass is 10.0. The summed E-state index contributed by atoms with van der Waals surface area (Å²) < 4.78 is 1.17. The summed E-state index contributed by atoms with van der Waals surface area (Å²) in [7, 11) is 0. The molecule has 1 aliphatic rings. The summed E-state index contributed by atoms with van der Waals surface area (Å²) in [6.07, 6.45) is 5.32. The highest BCUT2D eigenvalue weighted by molar-refractivity contribution is 9.10. The van der Waals surface area contributed by atoms with Gasteiger partial charge in [0.25, 0.3) is 0 Å². The standard InChI is InChI=1S/C18H29BrN2/c1-3-20-18(16-7-4-8-17(19)14-16)10-13-21-11-5-6-15(2)9-12-21/h4,7-8,14-15,18,20H,3,5-6,9-13H2,1-2H3. The first kappa shape index (κ1) is 17.0. The minimum Gasteiger partial charge on any atom is -0.310 e. The van der Waals surface area contributed by atoms with Crippen molar-refractivity contribution in [2.45, 2.75) is 45.6 Å². The van der Waals surface area contributed by atoms with Crippen LogP contribution < -0.4 is 5.32 Å². The van der Waals surface area contributed by atoms with Gasteiger partial charge in [-0.05, 0) is 75.5 Å². The van der Waals surface area contributed by atoms with E-state index in [1.807, 2.05) is 0 Å². The highest BCUT2D eigenvalue weighted by atomic mass is 79.9. The molecule has 1 N–H and O–H groups in total. The predicted molar refractivity (Wildman–Crippen MR) is 94.6 cm³/mol. The van der Waals surface area contributed by atoms with Gasteiger partial charge in [0.15, 0.2) is 0 Å². The summed E-state index contributed by atoms with van der Waals surface area (Å²) in [4.78, 5) is 2.66. The summed E-state index contributed by atoms with van der Waals surface area (Å²) in [6, 6.07) is 9.19. The molecule has 2 unspecified atom stereocenters. The van der Waals surface area contributed by atoms with Gasteiger partial charge >= 0.3 is 0 Å². The van der Waals surface area contributed by atoms with Crippen molar-refractivity contribution >= 4 is 15.9 Å². The zero-order valence-corrected chi connectivity index (χ0v) is 15.0. The lowest BCUT2D eigenvalue weighted by Crippen LogP contribution is -2.30. The van der Waals surface area contributed by atoms with Crippen molar-refractivity contribution in [3.63, 3.8) is 0 Å². The SMILES string of the molecule is CCNC(CCN1CCCC(C)CC1)c1cccc(Br)c1. The molecule has 21 heavy (non-hydrogen) atoms. The Bertz CT molecular complexity index is 421. The number of halogens is 1. The summed E-state index contributed by atoms with van der Waals surface area (Å²) in [5.74, 6) is 0.907. The molecule has 0 aliphatic carbocycles. The molecule has 0 spiro atoms. The number of likely N-dealkylation sites (tertiary alicyclic amines) is 1. The molecular weight excluding hydrogens is 324 g/mol. The monoisotopic (exact) mass is 352 g/mol. The minimum absolute atomic E-state index is 0.466. The van der Waals surface area contributed by atoms with E-state index in [-0.39, 0.29) is 0 Å². The lowest BCUT2D eigenvalue weighted by Gasteiger charge is -2.24. The fraction of sp³-hybridized carbons (Fsp3) is 0.667. The van der Waals surface area contributed by atoms with Crippen molar-refractivity contribution in [2.75, 3.05) is 26.2 Å². The predicted octanol–water partition coefficient (Wildman–Crippen LogP) is 4.61. The average Bonchev–Trinajstić information content (AvgIpc) is 2.68. The van der Waals surface area contributed by atoms with Crippen LogP contribution in [0.1, 0.15) is 51.1 Å². The summed E-state index contributed by atoms with van der Waals surface area (Å²) >= 11 is 3.59. The molecule has 0 aromatic heterocycles. The first-order chi connectivity index (χ1) is 10.2. The Morgan fingerprint density at radius 2 is 2.19 bits per heavy atom. The van der Waals surface area contributed by atoms with Crippen molar-refractivity contribution in [1.29, 1.82) is 0 Å². The van der Waals surface area contributed by atoms with Gasteiger partial charge in [-0.1, -0.05) is 41.9 Å². The molecular formula is C18H29BrN2. The molecule has 2 nitrogen and oxygen atoms in total. The van der Waals surface area contributed by atoms with Gasteiger partial charge in [0, 0.05) is 10.5 Å². The van der Waals surface area contributed by atoms with Crippen LogP contribution in [0.5, 0.6) is 0 Å². The quantitative estimate of drug-likeness (QED) is 0.803. The van der Waals surface area contributed by atoms with E-state index in [4.69, 9.17) is 0 Å². The van der Waals surface area contributed by atoms with Crippen LogP contribution in [0, 0.1) is 5.92 Å². The Balaban J connectivity index is 1.90. The van der Waals surface area contributed by atoms with Crippen molar-refractivity contribution < 1.29 is 0 Å². The third kappa shape index (κ3) is 5.72. The maximum atomic E-state index is 3.64. The molecule has 0 bridgehead atoms. The molecule has 1 aromatic carbocycles. The Morgan fingerprint density at radius 3 is 2.95 bits per heavy atom. The number of rotatable bonds is 6. The van der Waals surface area contributed by atoms with Gasteiger partial charge in [-0.2, -0.15) is 0 Å². The van der Waals surface area contributed by atoms with E-state index >= 15 is 0 Å². The molecule has 1 saturated heterocycles. The topological polar surface area (TPSA) is 15.3 Å². The van der Waals surface area contributed by atoms with Gasteiger partial charge in [-0.3, -0.25) is 0 Å². The maximum Gasteiger partial charge on any atom is 0.0332 e. The molecule has 2 atom stereocenters. The molecule has 0 saturated carbocycles. The second kappa shape index (κ2) is 8.92. The van der Waals surface area contributed by atoms with Crippen LogP contribution in [0.3, 0.4) is 0 Å². The number of nitrogens with zero attached hydrogens (tertiary/aromatic N) is 1. The van der Waals surface area contributed by atoms with Gasteiger partial charge < -0.3 is 10.2 Å². The van der Waals surface area contributed by atoms with E-state index < -0.39 is 0 Å². The number of nitrogens with one attached hydrogen (secondary N) is 1. The molecule has 1 heterocycles. The van der Waals surface area contributed by atoms with E-state index in [1.54, 1.807) is 0 Å². The average molecular weight is 353 g/mol. The number of hydrogen-bond donors (Lipinski definition) is 1. The summed E-state index contributed by atoms with van der Waals surface area (Å²) in [5.41, 5.74) is 1.40. The first-order valence-electron chi connectivity index (χ1n) is 8.40. The molecule has 3 heteroatoms. The van der Waals surface area contributed by atoms with Crippen LogP contribution in [0.2, 0.25) is 0 Å². The van der Waals surface area contributed by atoms with Crippen LogP contribution in [-0.4, -0.2) is 31.1 Å². The van der Waals surface area contributed by atoms with E-state index in [9.17, 15) is 0 Å². The van der Waals surface area contributed by atoms with E-state index in [0.717, 1.165) is 12.5 Å². The van der Waals surface area contributed by atoms with Crippen LogP contribution in [0.25, 0.3) is 0 Å². The highest BCUT2D eigenvalue weighted by Crippen LogP contribution is 2.22. The van der Waals surface area contributed by atoms with Gasteiger partial charge in [-0.25, -0.2) is 0 Å². The smallest absolute Gasteiger partial charge is 0.0332 e. The largest absolute Gasteiger partial charge is 0.310 e. The van der Waals surface area contributed by atoms with Gasteiger partial charge in [0.05, 0.1) is 0 Å². The van der Waals surface area contributed by atoms with E-state index in [1.165, 1.54) is 55.4 Å². The molecule has 118 valence electrons. The molecule has 1 aliphatic heterocycles. The zero-order valence-electron chi connectivity index (χ0n) is 13.4. The van der Waals surface area contributed by atoms with Crippen LogP contribution in [0.4, 0.5) is 0 Å². The van der Waals surface area contributed by atoms with E-state index in [0.29, 0.717) is 6.04 Å². The molecule has 0 radical (unpaired) electrons. The Morgan fingerprint density at radius 1 is 1.33 bits per heavy atom. The Hall–Kier alpha value is -0.380. The van der Waals surface area contributed by atoms with Crippen molar-refractivity contribution in [3.8, 4) is 0 Å². The molecule has 0 amide bonds. The van der Waals surface area contributed by atoms with Gasteiger partial charge in [0.1, 0.15) is 0 Å². The van der Waals surface area contributed by atoms with Crippen molar-refractivity contribution in [3.05, 3.63) is 34.3 Å². The van der Waals surface area contributed by atoms with Crippen molar-refractivity contribution in [1.82, 2.24) is 10.2 Å². The van der Waals surface area contributed by atoms with Gasteiger partial charge in [-0.15, -0.1) is 0 Å². The van der Waals surface area contributed by atoms with Crippen LogP contribution in [0.15, 0.2) is 28.7 Å². The minimum atomic E-state index is 0.466. The number of hydrogen-bond acceptors (Lipinski definition) is 2. The fourth-order valence-electron chi connectivity index (χ4n) is 3.21. The lowest BCUT2D eigenvalue weighted by molar-refractivity contribution is 0.264. The number of benzene rings is 1. The van der Waals surface area contributed by atoms with Crippen molar-refractivity contribution in [2.24, 2.45) is 5.92 Å². The summed E-state index contributed by atoms with van der Waals surface area (Å²) in [6.45, 7) is 9.37. The first-order valence-corrected chi connectivity index (χ1v) is 9.19. The Kier molecular flexibility index (Phi) is 7.21.